The quantitative estimate of drug-likeness (QED) is 0.796. The lowest BCUT2D eigenvalue weighted by atomic mass is 10.0. The van der Waals surface area contributed by atoms with Crippen molar-refractivity contribution in [3.8, 4) is 22.5 Å². The topological polar surface area (TPSA) is 50.7 Å². The second-order valence-electron chi connectivity index (χ2n) is 4.69. The zero-order valence-corrected chi connectivity index (χ0v) is 11.8. The van der Waals surface area contributed by atoms with Gasteiger partial charge in [0.05, 0.1) is 6.54 Å². The molecule has 3 aromatic rings. The van der Waals surface area contributed by atoms with Crippen LogP contribution in [0.25, 0.3) is 22.5 Å². The van der Waals surface area contributed by atoms with Crippen LogP contribution in [0.15, 0.2) is 60.7 Å². The summed E-state index contributed by atoms with van der Waals surface area (Å²) in [5.74, 6) is 0.691. The first-order chi connectivity index (χ1) is 10.4. The van der Waals surface area contributed by atoms with Gasteiger partial charge in [-0.3, -0.25) is 0 Å². The van der Waals surface area contributed by atoms with Gasteiger partial charge in [0.2, 0.25) is 0 Å². The molecule has 0 spiro atoms. The van der Waals surface area contributed by atoms with E-state index in [2.05, 4.69) is 20.5 Å². The lowest BCUT2D eigenvalue weighted by Crippen LogP contribution is -2.11. The Hall–Kier alpha value is -2.59. The highest BCUT2D eigenvalue weighted by molar-refractivity contribution is 5.77. The van der Waals surface area contributed by atoms with Gasteiger partial charge in [-0.15, -0.1) is 10.2 Å². The molecule has 1 aromatic heterocycles. The van der Waals surface area contributed by atoms with Gasteiger partial charge in [-0.1, -0.05) is 60.7 Å². The third kappa shape index (κ3) is 2.95. The van der Waals surface area contributed by atoms with E-state index < -0.39 is 0 Å². The van der Waals surface area contributed by atoms with Gasteiger partial charge < -0.3 is 5.32 Å². The number of nitrogens with one attached hydrogen (secondary N) is 1. The molecule has 0 aliphatic heterocycles. The fourth-order valence-corrected chi connectivity index (χ4v) is 2.18. The molecule has 0 bridgehead atoms. The SMILES string of the molecule is CNCc1nnc(-c2ccccc2)c(-c2ccccc2)n1. The molecule has 0 aliphatic rings. The first-order valence-electron chi connectivity index (χ1n) is 6.87. The highest BCUT2D eigenvalue weighted by Crippen LogP contribution is 2.27. The number of hydrogen-bond acceptors (Lipinski definition) is 4. The van der Waals surface area contributed by atoms with Crippen LogP contribution < -0.4 is 5.32 Å². The number of rotatable bonds is 4. The van der Waals surface area contributed by atoms with Gasteiger partial charge in [0.1, 0.15) is 11.4 Å². The molecule has 104 valence electrons. The van der Waals surface area contributed by atoms with E-state index in [1.807, 2.05) is 67.7 Å². The van der Waals surface area contributed by atoms with E-state index in [1.165, 1.54) is 0 Å². The van der Waals surface area contributed by atoms with E-state index >= 15 is 0 Å². The number of aromatic nitrogens is 3. The Bertz CT molecular complexity index is 711. The Morgan fingerprint density at radius 2 is 1.33 bits per heavy atom. The molecular formula is C17H16N4. The standard InChI is InChI=1S/C17H16N4/c1-18-12-15-19-16(13-8-4-2-5-9-13)17(21-20-15)14-10-6-3-7-11-14/h2-11,18H,12H2,1H3. The third-order valence-electron chi connectivity index (χ3n) is 3.16. The van der Waals surface area contributed by atoms with E-state index in [4.69, 9.17) is 0 Å². The van der Waals surface area contributed by atoms with Crippen LogP contribution in [0, 0.1) is 0 Å². The summed E-state index contributed by atoms with van der Waals surface area (Å²) in [7, 11) is 1.87. The Morgan fingerprint density at radius 3 is 1.90 bits per heavy atom. The minimum absolute atomic E-state index is 0.599. The molecular weight excluding hydrogens is 260 g/mol. The van der Waals surface area contributed by atoms with Crippen molar-refractivity contribution in [2.24, 2.45) is 0 Å². The van der Waals surface area contributed by atoms with Gasteiger partial charge in [0, 0.05) is 11.1 Å². The Morgan fingerprint density at radius 1 is 0.762 bits per heavy atom. The van der Waals surface area contributed by atoms with Gasteiger partial charge >= 0.3 is 0 Å². The Kier molecular flexibility index (Phi) is 3.98. The molecule has 0 unspecified atom stereocenters. The summed E-state index contributed by atoms with van der Waals surface area (Å²) in [4.78, 5) is 4.67. The van der Waals surface area contributed by atoms with Crippen molar-refractivity contribution in [2.45, 2.75) is 6.54 Å². The van der Waals surface area contributed by atoms with Crippen LogP contribution in [0.3, 0.4) is 0 Å². The summed E-state index contributed by atoms with van der Waals surface area (Å²) < 4.78 is 0. The average molecular weight is 276 g/mol. The zero-order valence-electron chi connectivity index (χ0n) is 11.8. The molecule has 1 N–H and O–H groups in total. The smallest absolute Gasteiger partial charge is 0.165 e. The number of nitrogens with zero attached hydrogens (tertiary/aromatic N) is 3. The summed E-state index contributed by atoms with van der Waals surface area (Å²) in [5, 5.41) is 11.7. The second kappa shape index (κ2) is 6.24. The van der Waals surface area contributed by atoms with Crippen molar-refractivity contribution in [1.82, 2.24) is 20.5 Å². The fourth-order valence-electron chi connectivity index (χ4n) is 2.18. The van der Waals surface area contributed by atoms with Crippen molar-refractivity contribution in [2.75, 3.05) is 7.05 Å². The fraction of sp³-hybridized carbons (Fsp3) is 0.118. The van der Waals surface area contributed by atoms with E-state index in [1.54, 1.807) is 0 Å². The molecule has 4 heteroatoms. The monoisotopic (exact) mass is 276 g/mol. The molecule has 4 nitrogen and oxygen atoms in total. The van der Waals surface area contributed by atoms with Gasteiger partial charge in [0.25, 0.3) is 0 Å². The predicted molar refractivity (Wildman–Crippen MR) is 83.5 cm³/mol. The van der Waals surface area contributed by atoms with Crippen molar-refractivity contribution >= 4 is 0 Å². The maximum atomic E-state index is 4.67. The summed E-state index contributed by atoms with van der Waals surface area (Å²) in [6, 6.07) is 20.1. The molecule has 2 aromatic carbocycles. The van der Waals surface area contributed by atoms with Crippen LogP contribution in [-0.2, 0) is 6.54 Å². The highest BCUT2D eigenvalue weighted by atomic mass is 15.2. The molecule has 0 fully saturated rings. The van der Waals surface area contributed by atoms with Crippen LogP contribution in [-0.4, -0.2) is 22.2 Å². The molecule has 0 radical (unpaired) electrons. The van der Waals surface area contributed by atoms with E-state index in [0.717, 1.165) is 22.5 Å². The van der Waals surface area contributed by atoms with Crippen LogP contribution in [0.5, 0.6) is 0 Å². The molecule has 1 heterocycles. The average Bonchev–Trinajstić information content (AvgIpc) is 2.57. The van der Waals surface area contributed by atoms with Gasteiger partial charge in [-0.25, -0.2) is 4.98 Å². The molecule has 0 saturated carbocycles. The Labute approximate surface area is 123 Å². The second-order valence-corrected chi connectivity index (χ2v) is 4.69. The summed E-state index contributed by atoms with van der Waals surface area (Å²) in [5.41, 5.74) is 3.74. The summed E-state index contributed by atoms with van der Waals surface area (Å²) >= 11 is 0. The van der Waals surface area contributed by atoms with Gasteiger partial charge in [-0.05, 0) is 7.05 Å². The molecule has 0 amide bonds. The molecule has 0 aliphatic carbocycles. The maximum Gasteiger partial charge on any atom is 0.165 e. The first kappa shape index (κ1) is 13.4. The lowest BCUT2D eigenvalue weighted by Gasteiger charge is -2.09. The van der Waals surface area contributed by atoms with Gasteiger partial charge in [-0.2, -0.15) is 0 Å². The number of hydrogen-bond donors (Lipinski definition) is 1. The van der Waals surface area contributed by atoms with Crippen molar-refractivity contribution in [1.29, 1.82) is 0 Å². The number of benzene rings is 2. The predicted octanol–water partition coefficient (Wildman–Crippen LogP) is 2.93. The van der Waals surface area contributed by atoms with Crippen LogP contribution in [0.2, 0.25) is 0 Å². The van der Waals surface area contributed by atoms with Crippen molar-refractivity contribution < 1.29 is 0 Å². The maximum absolute atomic E-state index is 4.67. The van der Waals surface area contributed by atoms with E-state index in [-0.39, 0.29) is 0 Å². The normalized spacial score (nSPS) is 10.5. The molecule has 21 heavy (non-hydrogen) atoms. The first-order valence-corrected chi connectivity index (χ1v) is 6.87. The minimum atomic E-state index is 0.599. The van der Waals surface area contributed by atoms with E-state index in [0.29, 0.717) is 12.4 Å². The van der Waals surface area contributed by atoms with Gasteiger partial charge in [0.15, 0.2) is 5.82 Å². The highest BCUT2D eigenvalue weighted by Gasteiger charge is 2.12. The Balaban J connectivity index is 2.16. The summed E-state index contributed by atoms with van der Waals surface area (Å²) in [6.45, 7) is 0.599. The largest absolute Gasteiger partial charge is 0.313 e. The lowest BCUT2D eigenvalue weighted by molar-refractivity contribution is 0.733. The van der Waals surface area contributed by atoms with E-state index in [9.17, 15) is 0 Å². The zero-order chi connectivity index (χ0) is 14.5. The van der Waals surface area contributed by atoms with Crippen LogP contribution in [0.4, 0.5) is 0 Å². The molecule has 3 rings (SSSR count). The third-order valence-corrected chi connectivity index (χ3v) is 3.16. The van der Waals surface area contributed by atoms with Crippen molar-refractivity contribution in [3.05, 3.63) is 66.5 Å². The van der Waals surface area contributed by atoms with Crippen LogP contribution in [0.1, 0.15) is 5.82 Å². The summed E-state index contributed by atoms with van der Waals surface area (Å²) in [6.07, 6.45) is 0. The van der Waals surface area contributed by atoms with Crippen molar-refractivity contribution in [3.63, 3.8) is 0 Å². The minimum Gasteiger partial charge on any atom is -0.313 e. The molecule has 0 saturated heterocycles. The molecule has 0 atom stereocenters. The van der Waals surface area contributed by atoms with Crippen LogP contribution >= 0.6 is 0 Å².